The zero-order chi connectivity index (χ0) is 12.4. The lowest BCUT2D eigenvalue weighted by atomic mass is 10.3. The van der Waals surface area contributed by atoms with E-state index in [0.29, 0.717) is 5.56 Å². The highest BCUT2D eigenvalue weighted by Crippen LogP contribution is 2.14. The summed E-state index contributed by atoms with van der Waals surface area (Å²) >= 11 is 0. The number of methoxy groups -OCH3 is 1. The first kappa shape index (κ1) is 11.3. The molecule has 0 fully saturated rings. The predicted molar refractivity (Wildman–Crippen MR) is 57.4 cm³/mol. The summed E-state index contributed by atoms with van der Waals surface area (Å²) in [5.74, 6) is -0.911. The minimum Gasteiger partial charge on any atom is -0.464 e. The van der Waals surface area contributed by atoms with Crippen LogP contribution in [0.1, 0.15) is 16.1 Å². The molecule has 88 valence electrons. The predicted octanol–water partition coefficient (Wildman–Crippen LogP) is 1.50. The summed E-state index contributed by atoms with van der Waals surface area (Å²) in [6.07, 6.45) is 4.18. The number of ether oxygens (including phenoxy) is 1. The van der Waals surface area contributed by atoms with Crippen molar-refractivity contribution in [2.75, 3.05) is 7.11 Å². The van der Waals surface area contributed by atoms with Crippen LogP contribution in [0.4, 0.5) is 4.39 Å². The molecule has 6 heteroatoms. The molecule has 0 saturated heterocycles. The van der Waals surface area contributed by atoms with Gasteiger partial charge in [0.1, 0.15) is 6.33 Å². The number of esters is 1. The van der Waals surface area contributed by atoms with Gasteiger partial charge in [-0.2, -0.15) is 0 Å². The Labute approximate surface area is 96.9 Å². The average molecular weight is 235 g/mol. The maximum absolute atomic E-state index is 13.8. The maximum atomic E-state index is 13.8. The molecule has 0 aromatic carbocycles. The second-order valence-corrected chi connectivity index (χ2v) is 3.42. The van der Waals surface area contributed by atoms with E-state index in [9.17, 15) is 9.18 Å². The van der Waals surface area contributed by atoms with Crippen LogP contribution in [0, 0.1) is 12.7 Å². The minimum atomic E-state index is -0.572. The van der Waals surface area contributed by atoms with Crippen LogP contribution in [0.25, 0.3) is 5.82 Å². The normalized spacial score (nSPS) is 10.3. The van der Waals surface area contributed by atoms with Crippen LogP contribution in [0.3, 0.4) is 0 Å². The Balaban J connectivity index is 2.44. The summed E-state index contributed by atoms with van der Waals surface area (Å²) in [6.45, 7) is 1.64. The Morgan fingerprint density at radius 3 is 2.94 bits per heavy atom. The SMILES string of the molecule is COC(=O)c1cn(-c2nccc(C)c2F)cn1. The molecule has 17 heavy (non-hydrogen) atoms. The monoisotopic (exact) mass is 235 g/mol. The van der Waals surface area contributed by atoms with E-state index in [1.54, 1.807) is 13.0 Å². The molecule has 0 aliphatic carbocycles. The zero-order valence-corrected chi connectivity index (χ0v) is 9.35. The molecule has 2 heterocycles. The Kier molecular flexibility index (Phi) is 2.86. The second kappa shape index (κ2) is 4.32. The molecule has 0 aliphatic heterocycles. The number of hydrogen-bond acceptors (Lipinski definition) is 4. The van der Waals surface area contributed by atoms with E-state index in [1.807, 2.05) is 0 Å². The summed E-state index contributed by atoms with van der Waals surface area (Å²) in [6, 6.07) is 1.57. The number of aromatic nitrogens is 3. The third-order valence-electron chi connectivity index (χ3n) is 2.29. The van der Waals surface area contributed by atoms with Gasteiger partial charge in [0.15, 0.2) is 17.3 Å². The lowest BCUT2D eigenvalue weighted by Crippen LogP contribution is -2.02. The number of carbonyl (C=O) groups excluding carboxylic acids is 1. The molecule has 2 rings (SSSR count). The van der Waals surface area contributed by atoms with Gasteiger partial charge in [0.2, 0.25) is 0 Å². The molecule has 0 aliphatic rings. The van der Waals surface area contributed by atoms with Crippen molar-refractivity contribution in [1.29, 1.82) is 0 Å². The molecule has 0 bridgehead atoms. The van der Waals surface area contributed by atoms with Crippen molar-refractivity contribution in [3.8, 4) is 5.82 Å². The molecule has 2 aromatic rings. The Morgan fingerprint density at radius 2 is 2.24 bits per heavy atom. The number of pyridine rings is 1. The lowest BCUT2D eigenvalue weighted by molar-refractivity contribution is 0.0594. The topological polar surface area (TPSA) is 57.0 Å². The average Bonchev–Trinajstić information content (AvgIpc) is 2.81. The number of hydrogen-bond donors (Lipinski definition) is 0. The van der Waals surface area contributed by atoms with Crippen molar-refractivity contribution < 1.29 is 13.9 Å². The summed E-state index contributed by atoms with van der Waals surface area (Å²) in [4.78, 5) is 18.9. The van der Waals surface area contributed by atoms with E-state index < -0.39 is 11.8 Å². The number of imidazole rings is 1. The molecule has 0 radical (unpaired) electrons. The van der Waals surface area contributed by atoms with Gasteiger partial charge in [-0.3, -0.25) is 4.57 Å². The van der Waals surface area contributed by atoms with E-state index in [4.69, 9.17) is 0 Å². The second-order valence-electron chi connectivity index (χ2n) is 3.42. The van der Waals surface area contributed by atoms with Gasteiger partial charge in [-0.1, -0.05) is 0 Å². The van der Waals surface area contributed by atoms with Crippen LogP contribution in [0.5, 0.6) is 0 Å². The third-order valence-corrected chi connectivity index (χ3v) is 2.29. The maximum Gasteiger partial charge on any atom is 0.358 e. The van der Waals surface area contributed by atoms with E-state index in [2.05, 4.69) is 14.7 Å². The van der Waals surface area contributed by atoms with Gasteiger partial charge in [0, 0.05) is 12.4 Å². The molecule has 0 unspecified atom stereocenters. The van der Waals surface area contributed by atoms with Gasteiger partial charge < -0.3 is 4.74 Å². The van der Waals surface area contributed by atoms with Crippen molar-refractivity contribution in [1.82, 2.24) is 14.5 Å². The van der Waals surface area contributed by atoms with E-state index in [1.165, 1.54) is 30.4 Å². The molecule has 0 atom stereocenters. The summed E-state index contributed by atoms with van der Waals surface area (Å²) in [5.41, 5.74) is 0.582. The molecule has 0 N–H and O–H groups in total. The van der Waals surface area contributed by atoms with Gasteiger partial charge in [-0.25, -0.2) is 19.2 Å². The zero-order valence-electron chi connectivity index (χ0n) is 9.35. The van der Waals surface area contributed by atoms with Gasteiger partial charge >= 0.3 is 5.97 Å². The quantitative estimate of drug-likeness (QED) is 0.740. The number of nitrogens with zero attached hydrogens (tertiary/aromatic N) is 3. The van der Waals surface area contributed by atoms with Crippen molar-refractivity contribution in [3.05, 3.63) is 41.9 Å². The molecular formula is C11H10FN3O2. The smallest absolute Gasteiger partial charge is 0.358 e. The number of rotatable bonds is 2. The molecule has 2 aromatic heterocycles. The number of carbonyl (C=O) groups is 1. The van der Waals surface area contributed by atoms with Crippen LogP contribution in [-0.4, -0.2) is 27.6 Å². The van der Waals surface area contributed by atoms with E-state index >= 15 is 0 Å². The van der Waals surface area contributed by atoms with Gasteiger partial charge in [-0.05, 0) is 18.6 Å². The first-order valence-corrected chi connectivity index (χ1v) is 4.87. The first-order valence-electron chi connectivity index (χ1n) is 4.87. The molecule has 0 amide bonds. The van der Waals surface area contributed by atoms with E-state index in [-0.39, 0.29) is 11.5 Å². The summed E-state index contributed by atoms with van der Waals surface area (Å²) in [7, 11) is 1.26. The standard InChI is InChI=1S/C11H10FN3O2/c1-7-3-4-13-10(9(7)12)15-5-8(14-6-15)11(16)17-2/h3-6H,1-2H3. The summed E-state index contributed by atoms with van der Waals surface area (Å²) < 4.78 is 19.6. The van der Waals surface area contributed by atoms with Crippen LogP contribution in [0.15, 0.2) is 24.8 Å². The minimum absolute atomic E-state index is 0.104. The van der Waals surface area contributed by atoms with Gasteiger partial charge in [0.05, 0.1) is 7.11 Å². The molecule has 5 nitrogen and oxygen atoms in total. The van der Waals surface area contributed by atoms with Crippen molar-refractivity contribution in [3.63, 3.8) is 0 Å². The van der Waals surface area contributed by atoms with Crippen molar-refractivity contribution in [2.45, 2.75) is 6.92 Å². The van der Waals surface area contributed by atoms with Crippen LogP contribution in [0.2, 0.25) is 0 Å². The highest BCUT2D eigenvalue weighted by molar-refractivity contribution is 5.86. The first-order chi connectivity index (χ1) is 8.13. The molecule has 0 saturated carbocycles. The highest BCUT2D eigenvalue weighted by atomic mass is 19.1. The fourth-order valence-corrected chi connectivity index (χ4v) is 1.35. The van der Waals surface area contributed by atoms with Crippen LogP contribution in [-0.2, 0) is 4.74 Å². The largest absolute Gasteiger partial charge is 0.464 e. The van der Waals surface area contributed by atoms with Gasteiger partial charge in [0.25, 0.3) is 0 Å². The molecular weight excluding hydrogens is 225 g/mol. The van der Waals surface area contributed by atoms with E-state index in [0.717, 1.165) is 0 Å². The summed E-state index contributed by atoms with van der Waals surface area (Å²) in [5, 5.41) is 0. The van der Waals surface area contributed by atoms with Gasteiger partial charge in [-0.15, -0.1) is 0 Å². The highest BCUT2D eigenvalue weighted by Gasteiger charge is 2.13. The Hall–Kier alpha value is -2.24. The van der Waals surface area contributed by atoms with Crippen LogP contribution >= 0.6 is 0 Å². The van der Waals surface area contributed by atoms with Crippen LogP contribution < -0.4 is 0 Å². The van der Waals surface area contributed by atoms with Crippen molar-refractivity contribution in [2.24, 2.45) is 0 Å². The third kappa shape index (κ3) is 2.01. The Morgan fingerprint density at radius 1 is 1.47 bits per heavy atom. The fraction of sp³-hybridized carbons (Fsp3) is 0.182. The number of halogens is 1. The fourth-order valence-electron chi connectivity index (χ4n) is 1.35. The Bertz CT molecular complexity index is 566. The lowest BCUT2D eigenvalue weighted by Gasteiger charge is -2.03. The molecule has 0 spiro atoms. The number of aryl methyl sites for hydroxylation is 1. The van der Waals surface area contributed by atoms with Crippen molar-refractivity contribution >= 4 is 5.97 Å².